The Morgan fingerprint density at radius 1 is 1.24 bits per heavy atom. The number of hydrogen-bond acceptors (Lipinski definition) is 4. The molecule has 2 rings (SSSR count). The molecule has 0 bridgehead atoms. The number of aromatic nitrogens is 3. The van der Waals surface area contributed by atoms with Crippen LogP contribution >= 0.6 is 0 Å². The maximum atomic E-state index is 5.99. The molecule has 0 unspecified atom stereocenters. The molecule has 0 aliphatic rings. The summed E-state index contributed by atoms with van der Waals surface area (Å²) in [5.74, 6) is 0.917. The van der Waals surface area contributed by atoms with Crippen molar-refractivity contribution in [3.8, 4) is 5.75 Å². The highest BCUT2D eigenvalue weighted by Crippen LogP contribution is 2.16. The fourth-order valence-electron chi connectivity index (χ4n) is 1.92. The van der Waals surface area contributed by atoms with E-state index in [2.05, 4.69) is 36.3 Å². The van der Waals surface area contributed by atoms with E-state index < -0.39 is 5.54 Å². The average Bonchev–Trinajstić information content (AvgIpc) is 2.87. The van der Waals surface area contributed by atoms with Gasteiger partial charge in [-0.2, -0.15) is 0 Å². The summed E-state index contributed by atoms with van der Waals surface area (Å²) >= 11 is 0. The molecule has 0 aliphatic carbocycles. The lowest BCUT2D eigenvalue weighted by Gasteiger charge is -2.13. The molecule has 0 fully saturated rings. The molecule has 0 saturated carbocycles. The van der Waals surface area contributed by atoms with Gasteiger partial charge >= 0.3 is 0 Å². The van der Waals surface area contributed by atoms with Gasteiger partial charge in [-0.3, -0.25) is 4.68 Å². The molecule has 21 heavy (non-hydrogen) atoms. The van der Waals surface area contributed by atoms with Gasteiger partial charge in [0.2, 0.25) is 0 Å². The van der Waals surface area contributed by atoms with Crippen LogP contribution in [0.3, 0.4) is 0 Å². The van der Waals surface area contributed by atoms with Crippen molar-refractivity contribution < 1.29 is 4.74 Å². The van der Waals surface area contributed by atoms with E-state index in [9.17, 15) is 0 Å². The second kappa shape index (κ2) is 6.26. The van der Waals surface area contributed by atoms with Crippen molar-refractivity contribution in [2.45, 2.75) is 46.2 Å². The number of aryl methyl sites for hydroxylation is 3. The van der Waals surface area contributed by atoms with Gasteiger partial charge in [0.15, 0.2) is 0 Å². The highest BCUT2D eigenvalue weighted by molar-refractivity contribution is 5.33. The molecule has 2 N–H and O–H groups in total. The number of benzene rings is 1. The summed E-state index contributed by atoms with van der Waals surface area (Å²) in [6.07, 6.45) is 2.77. The molecule has 1 aromatic heterocycles. The minimum Gasteiger partial charge on any atom is -0.494 e. The third kappa shape index (κ3) is 4.29. The zero-order valence-corrected chi connectivity index (χ0v) is 13.3. The second-order valence-corrected chi connectivity index (χ2v) is 6.04. The Hall–Kier alpha value is -1.88. The van der Waals surface area contributed by atoms with Gasteiger partial charge in [0.05, 0.1) is 18.3 Å². The minimum absolute atomic E-state index is 0.450. The summed E-state index contributed by atoms with van der Waals surface area (Å²) in [5.41, 5.74) is 8.87. The van der Waals surface area contributed by atoms with Gasteiger partial charge in [-0.1, -0.05) is 11.3 Å². The first kappa shape index (κ1) is 15.5. The molecule has 0 atom stereocenters. The molecular weight excluding hydrogens is 264 g/mol. The van der Waals surface area contributed by atoms with E-state index in [1.807, 2.05) is 30.8 Å². The SMILES string of the molecule is Cc1ccc(OCCCn2cc(C(C)(C)N)nn2)cc1C. The Labute approximate surface area is 126 Å². The van der Waals surface area contributed by atoms with Crippen LogP contribution in [0.2, 0.25) is 0 Å². The van der Waals surface area contributed by atoms with Crippen molar-refractivity contribution in [3.63, 3.8) is 0 Å². The van der Waals surface area contributed by atoms with E-state index in [-0.39, 0.29) is 0 Å². The van der Waals surface area contributed by atoms with Crippen LogP contribution in [0.4, 0.5) is 0 Å². The molecule has 1 aromatic carbocycles. The second-order valence-electron chi connectivity index (χ2n) is 6.04. The van der Waals surface area contributed by atoms with Crippen molar-refractivity contribution in [3.05, 3.63) is 41.2 Å². The van der Waals surface area contributed by atoms with Gasteiger partial charge in [0.25, 0.3) is 0 Å². The fraction of sp³-hybridized carbons (Fsp3) is 0.500. The van der Waals surface area contributed by atoms with E-state index in [0.717, 1.165) is 24.4 Å². The van der Waals surface area contributed by atoms with E-state index >= 15 is 0 Å². The van der Waals surface area contributed by atoms with Gasteiger partial charge in [-0.25, -0.2) is 0 Å². The Kier molecular flexibility index (Phi) is 4.63. The highest BCUT2D eigenvalue weighted by Gasteiger charge is 2.17. The Morgan fingerprint density at radius 2 is 2.00 bits per heavy atom. The Morgan fingerprint density at radius 3 is 2.62 bits per heavy atom. The van der Waals surface area contributed by atoms with Crippen molar-refractivity contribution in [1.82, 2.24) is 15.0 Å². The van der Waals surface area contributed by atoms with Crippen LogP contribution in [0.5, 0.6) is 5.75 Å². The predicted octanol–water partition coefficient (Wildman–Crippen LogP) is 2.56. The molecule has 114 valence electrons. The van der Waals surface area contributed by atoms with E-state index in [1.165, 1.54) is 11.1 Å². The van der Waals surface area contributed by atoms with Crippen molar-refractivity contribution in [2.24, 2.45) is 5.73 Å². The lowest BCUT2D eigenvalue weighted by Crippen LogP contribution is -2.29. The third-order valence-electron chi connectivity index (χ3n) is 3.48. The molecule has 0 saturated heterocycles. The maximum Gasteiger partial charge on any atom is 0.119 e. The van der Waals surface area contributed by atoms with E-state index in [1.54, 1.807) is 0 Å². The summed E-state index contributed by atoms with van der Waals surface area (Å²) in [6, 6.07) is 6.16. The number of ether oxygens (including phenoxy) is 1. The molecule has 0 amide bonds. The molecule has 0 aliphatic heterocycles. The van der Waals surface area contributed by atoms with E-state index in [4.69, 9.17) is 10.5 Å². The van der Waals surface area contributed by atoms with Gasteiger partial charge in [-0.15, -0.1) is 5.10 Å². The smallest absolute Gasteiger partial charge is 0.119 e. The minimum atomic E-state index is -0.450. The number of hydrogen-bond donors (Lipinski definition) is 1. The summed E-state index contributed by atoms with van der Waals surface area (Å²) in [7, 11) is 0. The quantitative estimate of drug-likeness (QED) is 0.830. The molecule has 1 heterocycles. The maximum absolute atomic E-state index is 5.99. The highest BCUT2D eigenvalue weighted by atomic mass is 16.5. The van der Waals surface area contributed by atoms with Crippen molar-refractivity contribution >= 4 is 0 Å². The number of nitrogens with zero attached hydrogens (tertiary/aromatic N) is 3. The van der Waals surface area contributed by atoms with Crippen LogP contribution in [0.1, 0.15) is 37.1 Å². The average molecular weight is 288 g/mol. The fourth-order valence-corrected chi connectivity index (χ4v) is 1.92. The summed E-state index contributed by atoms with van der Waals surface area (Å²) in [6.45, 7) is 9.46. The summed E-state index contributed by atoms with van der Waals surface area (Å²) in [5, 5.41) is 8.18. The van der Waals surface area contributed by atoms with Gasteiger partial charge in [0, 0.05) is 13.0 Å². The van der Waals surface area contributed by atoms with Crippen molar-refractivity contribution in [1.29, 1.82) is 0 Å². The largest absolute Gasteiger partial charge is 0.494 e. The van der Waals surface area contributed by atoms with Gasteiger partial charge < -0.3 is 10.5 Å². The van der Waals surface area contributed by atoms with Gasteiger partial charge in [-0.05, 0) is 51.0 Å². The lowest BCUT2D eigenvalue weighted by atomic mass is 10.0. The predicted molar refractivity (Wildman–Crippen MR) is 83.3 cm³/mol. The zero-order valence-electron chi connectivity index (χ0n) is 13.3. The van der Waals surface area contributed by atoms with Crippen LogP contribution in [-0.4, -0.2) is 21.6 Å². The molecule has 5 nitrogen and oxygen atoms in total. The number of rotatable bonds is 6. The van der Waals surface area contributed by atoms with Crippen LogP contribution < -0.4 is 10.5 Å². The first-order valence-electron chi connectivity index (χ1n) is 7.26. The molecular formula is C16H24N4O. The Bertz CT molecular complexity index is 599. The monoisotopic (exact) mass is 288 g/mol. The van der Waals surface area contributed by atoms with Crippen LogP contribution in [0.15, 0.2) is 24.4 Å². The van der Waals surface area contributed by atoms with Crippen LogP contribution in [0, 0.1) is 13.8 Å². The van der Waals surface area contributed by atoms with Crippen LogP contribution in [0.25, 0.3) is 0 Å². The molecule has 0 radical (unpaired) electrons. The molecule has 5 heteroatoms. The molecule has 2 aromatic rings. The topological polar surface area (TPSA) is 66.0 Å². The zero-order chi connectivity index (χ0) is 15.5. The van der Waals surface area contributed by atoms with Gasteiger partial charge in [0.1, 0.15) is 11.4 Å². The molecule has 0 spiro atoms. The summed E-state index contributed by atoms with van der Waals surface area (Å²) < 4.78 is 7.56. The standard InChI is InChI=1S/C16H24N4O/c1-12-6-7-14(10-13(12)2)21-9-5-8-20-11-15(18-19-20)16(3,4)17/h6-7,10-11H,5,8-9,17H2,1-4H3. The first-order valence-corrected chi connectivity index (χ1v) is 7.26. The van der Waals surface area contributed by atoms with E-state index in [0.29, 0.717) is 6.61 Å². The first-order chi connectivity index (χ1) is 9.86. The third-order valence-corrected chi connectivity index (χ3v) is 3.48. The Balaban J connectivity index is 1.79. The lowest BCUT2D eigenvalue weighted by molar-refractivity contribution is 0.297. The number of nitrogens with two attached hydrogens (primary N) is 1. The van der Waals surface area contributed by atoms with Crippen LogP contribution in [-0.2, 0) is 12.1 Å². The normalized spacial score (nSPS) is 11.7. The van der Waals surface area contributed by atoms with Crippen molar-refractivity contribution in [2.75, 3.05) is 6.61 Å². The summed E-state index contributed by atoms with van der Waals surface area (Å²) in [4.78, 5) is 0.